The van der Waals surface area contributed by atoms with Crippen molar-refractivity contribution >= 4 is 74.8 Å². The van der Waals surface area contributed by atoms with Crippen LogP contribution in [0, 0.1) is 35.5 Å². The summed E-state index contributed by atoms with van der Waals surface area (Å²) in [7, 11) is 6.71. The van der Waals surface area contributed by atoms with Crippen molar-refractivity contribution in [1.29, 1.82) is 0 Å². The van der Waals surface area contributed by atoms with Crippen LogP contribution in [-0.4, -0.2) is 272 Å². The predicted molar refractivity (Wildman–Crippen MR) is 361 cm³/mol. The maximum Gasteiger partial charge on any atom is 0.248 e. The highest BCUT2D eigenvalue weighted by Crippen LogP contribution is 2.31. The zero-order chi connectivity index (χ0) is 72.0. The summed E-state index contributed by atoms with van der Waals surface area (Å²) in [6.45, 7) is 28.8. The molecule has 3 heterocycles. The van der Waals surface area contributed by atoms with Gasteiger partial charge in [0.25, 0.3) is 0 Å². The first-order chi connectivity index (χ1) is 43.5. The normalized spacial score (nSPS) is 29.9. The number of likely N-dealkylation sites (tertiary alicyclic amines) is 1. The molecular weight excluding hydrogens is 1230 g/mol. The maximum atomic E-state index is 15.3. The molecule has 3 aliphatic rings. The van der Waals surface area contributed by atoms with Crippen molar-refractivity contribution in [2.24, 2.45) is 35.5 Å². The molecule has 0 aromatic rings. The number of rotatable bonds is 15. The molecule has 0 saturated carbocycles. The van der Waals surface area contributed by atoms with Gasteiger partial charge in [0.05, 0.1) is 17.5 Å². The van der Waals surface area contributed by atoms with Gasteiger partial charge in [0.1, 0.15) is 76.3 Å². The number of hydrogen-bond donors (Lipinski definition) is 4. The number of nitrogens with one attached hydrogen (secondary N) is 4. The summed E-state index contributed by atoms with van der Waals surface area (Å²) in [4.78, 5) is 174. The van der Waals surface area contributed by atoms with E-state index in [-0.39, 0.29) is 50.0 Å². The van der Waals surface area contributed by atoms with Gasteiger partial charge in [0.15, 0.2) is 0 Å². The second-order valence-electron chi connectivity index (χ2n) is 28.6. The van der Waals surface area contributed by atoms with Gasteiger partial charge in [0, 0.05) is 62.1 Å². The molecule has 0 aromatic heterocycles. The van der Waals surface area contributed by atoms with Gasteiger partial charge in [-0.15, -0.1) is 0 Å². The van der Waals surface area contributed by atoms with E-state index >= 15 is 28.8 Å². The van der Waals surface area contributed by atoms with Gasteiger partial charge in [-0.05, 0) is 128 Å². The number of piperidine rings is 1. The molecule has 11 amide bonds. The standard InChI is InChI=1S/C67H118N12O14S/c1-25-27-28-41(11)56-55-60(83)70-48(26-2)63(86)72(17)45(15)62(85)76(21)53(42(12)36-79-31-29-47(30-32-79)94(24,91)92)59(82)71-52(40(9)10)66(89)73(18)49(33-37(3)4)58(81)68-43(13)57(80)69-44(14)61(84)74(19)50(34-38(5)6)64(87)75(20)51(35-39(7)8)65(88)77(22)54(46(16)93-56)67(90)78(55)23/h25,27,37-56H,26,28-36H2,1-24H3,(H,68,81)(H,69,80)(H,70,83)(H,71,82). The van der Waals surface area contributed by atoms with E-state index in [0.717, 1.165) is 0 Å². The topological polar surface area (TPSA) is 305 Å². The van der Waals surface area contributed by atoms with Crippen LogP contribution in [0.25, 0.3) is 0 Å². The quantitative estimate of drug-likeness (QED) is 0.171. The summed E-state index contributed by atoms with van der Waals surface area (Å²) in [6, 6.07) is -13.8. The van der Waals surface area contributed by atoms with E-state index in [1.807, 2.05) is 72.4 Å². The summed E-state index contributed by atoms with van der Waals surface area (Å²) in [5, 5.41) is 10.7. The van der Waals surface area contributed by atoms with Crippen molar-refractivity contribution in [2.45, 2.75) is 240 Å². The Balaban J connectivity index is 2.35. The van der Waals surface area contributed by atoms with Gasteiger partial charge in [-0.3, -0.25) is 52.7 Å². The summed E-state index contributed by atoms with van der Waals surface area (Å²) >= 11 is 0. The minimum Gasteiger partial charge on any atom is -0.370 e. The average Bonchev–Trinajstić information content (AvgIpc) is 1.55. The first kappa shape index (κ1) is 82.0. The van der Waals surface area contributed by atoms with Crippen molar-refractivity contribution < 1.29 is 65.9 Å². The number of nitrogens with zero attached hydrogens (tertiary/aromatic N) is 8. The van der Waals surface area contributed by atoms with Gasteiger partial charge in [-0.1, -0.05) is 88.3 Å². The number of ether oxygens (including phenoxy) is 1. The summed E-state index contributed by atoms with van der Waals surface area (Å²) in [6.07, 6.45) is 4.47. The molecule has 15 atom stereocenters. The Bertz CT molecular complexity index is 2810. The Hall–Kier alpha value is -6.22. The van der Waals surface area contributed by atoms with Crippen LogP contribution >= 0.6 is 0 Å². The number of carbonyl (C=O) groups is 11. The third-order valence-electron chi connectivity index (χ3n) is 19.2. The minimum absolute atomic E-state index is 0.0291. The van der Waals surface area contributed by atoms with Crippen LogP contribution in [0.4, 0.5) is 0 Å². The van der Waals surface area contributed by atoms with Crippen LogP contribution in [0.5, 0.6) is 0 Å². The molecule has 3 rings (SSSR count). The Morgan fingerprint density at radius 2 is 0.989 bits per heavy atom. The molecule has 536 valence electrons. The molecular formula is C67H118N12O14S. The molecule has 2 bridgehead atoms. The third-order valence-corrected chi connectivity index (χ3v) is 20.8. The first-order valence-electron chi connectivity index (χ1n) is 33.7. The molecule has 0 aliphatic carbocycles. The maximum absolute atomic E-state index is 15.3. The average molecular weight is 1350 g/mol. The Kier molecular flexibility index (Phi) is 31.1. The van der Waals surface area contributed by atoms with Gasteiger partial charge < -0.3 is 65.2 Å². The number of sulfone groups is 1. The SMILES string of the molecule is CC=CCC(C)C1OC(C)C2C(=O)N(C)C1C(=O)NC(CC)C(=O)N(C)C(C)C(=O)N(C)C(C(C)CN1CCC(S(C)(=O)=O)CC1)C(=O)NC(C(C)C)C(=O)N(C)C(CC(C)C)C(=O)NC(C)C(=O)NC(C)C(=O)N(C)C(CC(C)C)C(=O)N(C)C(CC(C)C)C(=O)N2C. The van der Waals surface area contributed by atoms with Gasteiger partial charge >= 0.3 is 0 Å². The predicted octanol–water partition coefficient (Wildman–Crippen LogP) is 2.53. The monoisotopic (exact) mass is 1350 g/mol. The Morgan fingerprint density at radius 1 is 0.511 bits per heavy atom. The molecule has 94 heavy (non-hydrogen) atoms. The highest BCUT2D eigenvalue weighted by molar-refractivity contribution is 7.91. The van der Waals surface area contributed by atoms with E-state index in [2.05, 4.69) is 21.3 Å². The second-order valence-corrected chi connectivity index (χ2v) is 31.0. The highest BCUT2D eigenvalue weighted by atomic mass is 32.2. The van der Waals surface area contributed by atoms with E-state index in [9.17, 15) is 32.4 Å². The molecule has 26 nitrogen and oxygen atoms in total. The Labute approximate surface area is 561 Å². The molecule has 3 saturated heterocycles. The number of amides is 11. The molecule has 15 unspecified atom stereocenters. The van der Waals surface area contributed by atoms with E-state index in [1.54, 1.807) is 34.6 Å². The van der Waals surface area contributed by atoms with E-state index in [0.29, 0.717) is 32.4 Å². The van der Waals surface area contributed by atoms with Crippen molar-refractivity contribution in [3.63, 3.8) is 0 Å². The van der Waals surface area contributed by atoms with Crippen LogP contribution in [-0.2, 0) is 67.3 Å². The van der Waals surface area contributed by atoms with Crippen molar-refractivity contribution in [2.75, 3.05) is 75.2 Å². The van der Waals surface area contributed by atoms with E-state index < -0.39 is 176 Å². The van der Waals surface area contributed by atoms with Crippen molar-refractivity contribution in [3.05, 3.63) is 12.2 Å². The molecule has 0 aromatic carbocycles. The van der Waals surface area contributed by atoms with Gasteiger partial charge in [-0.25, -0.2) is 8.42 Å². The molecule has 27 heteroatoms. The first-order valence-corrected chi connectivity index (χ1v) is 35.7. The number of allylic oxidation sites excluding steroid dienone is 2. The molecule has 0 spiro atoms. The number of hydrogen-bond acceptors (Lipinski definition) is 15. The lowest BCUT2D eigenvalue weighted by molar-refractivity contribution is -0.155. The van der Waals surface area contributed by atoms with Crippen molar-refractivity contribution in [1.82, 2.24) is 60.5 Å². The fraction of sp³-hybridized carbons (Fsp3) is 0.806. The number of likely N-dealkylation sites (N-methyl/N-ethyl adjacent to an activating group) is 7. The van der Waals surface area contributed by atoms with Crippen LogP contribution in [0.2, 0.25) is 0 Å². The van der Waals surface area contributed by atoms with E-state index in [4.69, 9.17) is 4.74 Å². The number of fused-ring (bicyclic) bond motifs is 3. The largest absolute Gasteiger partial charge is 0.370 e. The summed E-state index contributed by atoms with van der Waals surface area (Å²) < 4.78 is 31.9. The fourth-order valence-electron chi connectivity index (χ4n) is 13.1. The zero-order valence-electron chi connectivity index (χ0n) is 61.0. The van der Waals surface area contributed by atoms with Gasteiger partial charge in [0.2, 0.25) is 65.0 Å². The lowest BCUT2D eigenvalue weighted by Crippen LogP contribution is -2.63. The molecule has 4 N–H and O–H groups in total. The van der Waals surface area contributed by atoms with Crippen LogP contribution in [0.1, 0.15) is 156 Å². The van der Waals surface area contributed by atoms with E-state index in [1.165, 1.54) is 111 Å². The number of carbonyl (C=O) groups excluding carboxylic acids is 11. The fourth-order valence-corrected chi connectivity index (χ4v) is 14.2. The lowest BCUT2D eigenvalue weighted by Gasteiger charge is -2.40. The highest BCUT2D eigenvalue weighted by Gasteiger charge is 2.51. The van der Waals surface area contributed by atoms with Crippen LogP contribution in [0.3, 0.4) is 0 Å². The van der Waals surface area contributed by atoms with Crippen LogP contribution < -0.4 is 21.3 Å². The summed E-state index contributed by atoms with van der Waals surface area (Å²) in [5.41, 5.74) is 0. The minimum atomic E-state index is -3.33. The van der Waals surface area contributed by atoms with Crippen molar-refractivity contribution in [3.8, 4) is 0 Å². The molecule has 3 aliphatic heterocycles. The molecule has 3 fully saturated rings. The smallest absolute Gasteiger partial charge is 0.248 e. The molecule has 0 radical (unpaired) electrons. The summed E-state index contributed by atoms with van der Waals surface area (Å²) in [5.74, 6) is -9.60. The second kappa shape index (κ2) is 35.7. The third kappa shape index (κ3) is 20.9. The van der Waals surface area contributed by atoms with Gasteiger partial charge in [-0.2, -0.15) is 0 Å². The lowest BCUT2D eigenvalue weighted by atomic mass is 9.92. The van der Waals surface area contributed by atoms with Crippen LogP contribution in [0.15, 0.2) is 12.2 Å². The zero-order valence-corrected chi connectivity index (χ0v) is 61.8. The Morgan fingerprint density at radius 3 is 1.48 bits per heavy atom.